The van der Waals surface area contributed by atoms with Crippen molar-refractivity contribution in [1.82, 2.24) is 4.90 Å². The largest absolute Gasteiger partial charge is 0.465 e. The van der Waals surface area contributed by atoms with Gasteiger partial charge in [0.25, 0.3) is 0 Å². The first-order valence-electron chi connectivity index (χ1n) is 4.72. The summed E-state index contributed by atoms with van der Waals surface area (Å²) in [5, 5.41) is 8.85. The van der Waals surface area contributed by atoms with Crippen LogP contribution in [0.15, 0.2) is 0 Å². The maximum Gasteiger partial charge on any atom is 0.407 e. The maximum absolute atomic E-state index is 11.4. The van der Waals surface area contributed by atoms with Gasteiger partial charge in [-0.15, -0.1) is 0 Å². The number of Topliss-reactive ketones (excluding diaryl/α,β-unsaturated/α-hetero) is 1. The average molecular weight is 183 g/mol. The smallest absolute Gasteiger partial charge is 0.407 e. The van der Waals surface area contributed by atoms with Crippen molar-refractivity contribution in [3.05, 3.63) is 0 Å². The van der Waals surface area contributed by atoms with Crippen LogP contribution in [0.5, 0.6) is 0 Å². The van der Waals surface area contributed by atoms with Crippen LogP contribution in [0.2, 0.25) is 0 Å². The molecule has 1 aliphatic carbocycles. The van der Waals surface area contributed by atoms with Gasteiger partial charge in [-0.1, -0.05) is 0 Å². The molecule has 13 heavy (non-hydrogen) atoms. The molecule has 0 aromatic heterocycles. The Morgan fingerprint density at radius 1 is 1.46 bits per heavy atom. The number of carbonyl (C=O) groups excluding carboxylic acids is 1. The molecule has 2 aliphatic rings. The Labute approximate surface area is 76.5 Å². The molecule has 4 nitrogen and oxygen atoms in total. The van der Waals surface area contributed by atoms with Crippen molar-refractivity contribution in [3.63, 3.8) is 0 Å². The minimum atomic E-state index is -0.873. The summed E-state index contributed by atoms with van der Waals surface area (Å²) in [6, 6.07) is -0.0150. The lowest BCUT2D eigenvalue weighted by atomic mass is 9.84. The summed E-state index contributed by atoms with van der Waals surface area (Å²) in [4.78, 5) is 23.6. The highest BCUT2D eigenvalue weighted by molar-refractivity contribution is 5.84. The second-order valence-corrected chi connectivity index (χ2v) is 3.80. The van der Waals surface area contributed by atoms with E-state index in [2.05, 4.69) is 0 Å². The van der Waals surface area contributed by atoms with E-state index >= 15 is 0 Å². The monoisotopic (exact) mass is 183 g/mol. The van der Waals surface area contributed by atoms with Gasteiger partial charge < -0.3 is 10.0 Å². The van der Waals surface area contributed by atoms with E-state index in [0.717, 1.165) is 19.3 Å². The first-order chi connectivity index (χ1) is 6.20. The normalized spacial score (nSPS) is 33.2. The molecular formula is C9H13NO3. The Bertz CT molecular complexity index is 245. The van der Waals surface area contributed by atoms with Crippen molar-refractivity contribution in [1.29, 1.82) is 0 Å². The molecule has 0 spiro atoms. The molecular weight excluding hydrogens is 170 g/mol. The van der Waals surface area contributed by atoms with Crippen molar-refractivity contribution >= 4 is 11.9 Å². The van der Waals surface area contributed by atoms with Crippen LogP contribution < -0.4 is 0 Å². The summed E-state index contributed by atoms with van der Waals surface area (Å²) in [6.45, 7) is 0.538. The number of ketones is 1. The number of hydrogen-bond donors (Lipinski definition) is 1. The zero-order valence-corrected chi connectivity index (χ0v) is 7.40. The molecule has 1 amide bonds. The molecule has 1 aliphatic heterocycles. The summed E-state index contributed by atoms with van der Waals surface area (Å²) < 4.78 is 0. The third-order valence-corrected chi connectivity index (χ3v) is 3.13. The lowest BCUT2D eigenvalue weighted by molar-refractivity contribution is -0.125. The standard InChI is InChI=1S/C9H13NO3/c11-8-3-1-2-7-6(8)4-5-10(7)9(12)13/h6-7H,1-5H2,(H,12,13)/t6-,7-/m0/s1. The van der Waals surface area contributed by atoms with Gasteiger partial charge in [0, 0.05) is 24.9 Å². The van der Waals surface area contributed by atoms with Gasteiger partial charge in [-0.3, -0.25) is 4.79 Å². The van der Waals surface area contributed by atoms with E-state index in [9.17, 15) is 9.59 Å². The van der Waals surface area contributed by atoms with Crippen LogP contribution in [0.3, 0.4) is 0 Å². The molecule has 1 N–H and O–H groups in total. The highest BCUT2D eigenvalue weighted by Crippen LogP contribution is 2.33. The Hall–Kier alpha value is -1.06. The number of nitrogens with zero attached hydrogens (tertiary/aromatic N) is 1. The summed E-state index contributed by atoms with van der Waals surface area (Å²) in [5.74, 6) is 0.268. The fourth-order valence-corrected chi connectivity index (χ4v) is 2.49. The molecule has 4 heteroatoms. The minimum absolute atomic E-state index is 0.00449. The Balaban J connectivity index is 2.14. The van der Waals surface area contributed by atoms with E-state index in [1.54, 1.807) is 0 Å². The third kappa shape index (κ3) is 1.30. The van der Waals surface area contributed by atoms with E-state index < -0.39 is 6.09 Å². The van der Waals surface area contributed by atoms with Crippen molar-refractivity contribution in [2.24, 2.45) is 5.92 Å². The van der Waals surface area contributed by atoms with E-state index in [4.69, 9.17) is 5.11 Å². The van der Waals surface area contributed by atoms with Crippen LogP contribution in [0.1, 0.15) is 25.7 Å². The summed E-state index contributed by atoms with van der Waals surface area (Å²) in [5.41, 5.74) is 0. The number of rotatable bonds is 0. The molecule has 0 bridgehead atoms. The van der Waals surface area contributed by atoms with Gasteiger partial charge in [0.15, 0.2) is 0 Å². The summed E-state index contributed by atoms with van der Waals surface area (Å²) in [7, 11) is 0. The van der Waals surface area contributed by atoms with Gasteiger partial charge in [0.2, 0.25) is 0 Å². The van der Waals surface area contributed by atoms with Gasteiger partial charge in [-0.05, 0) is 19.3 Å². The first-order valence-corrected chi connectivity index (χ1v) is 4.72. The minimum Gasteiger partial charge on any atom is -0.465 e. The maximum atomic E-state index is 11.4. The van der Waals surface area contributed by atoms with Gasteiger partial charge >= 0.3 is 6.09 Å². The number of carboxylic acid groups (broad SMARTS) is 1. The lowest BCUT2D eigenvalue weighted by Crippen LogP contribution is -2.41. The zero-order chi connectivity index (χ0) is 9.42. The fourth-order valence-electron chi connectivity index (χ4n) is 2.49. The van der Waals surface area contributed by atoms with E-state index in [-0.39, 0.29) is 17.7 Å². The second kappa shape index (κ2) is 3.01. The molecule has 1 saturated carbocycles. The Morgan fingerprint density at radius 3 is 2.92 bits per heavy atom. The summed E-state index contributed by atoms with van der Waals surface area (Å²) >= 11 is 0. The summed E-state index contributed by atoms with van der Waals surface area (Å²) in [6.07, 6.45) is 2.22. The third-order valence-electron chi connectivity index (χ3n) is 3.13. The van der Waals surface area contributed by atoms with Crippen molar-refractivity contribution in [2.75, 3.05) is 6.54 Å². The number of likely N-dealkylation sites (tertiary alicyclic amines) is 1. The van der Waals surface area contributed by atoms with Crippen LogP contribution in [0, 0.1) is 5.92 Å². The number of fused-ring (bicyclic) bond motifs is 1. The first kappa shape index (κ1) is 8.53. The fraction of sp³-hybridized carbons (Fsp3) is 0.778. The highest BCUT2D eigenvalue weighted by atomic mass is 16.4. The zero-order valence-electron chi connectivity index (χ0n) is 7.40. The molecule has 2 rings (SSSR count). The molecule has 2 atom stereocenters. The number of amides is 1. The van der Waals surface area contributed by atoms with E-state index in [1.807, 2.05) is 0 Å². The Morgan fingerprint density at radius 2 is 2.23 bits per heavy atom. The van der Waals surface area contributed by atoms with Crippen molar-refractivity contribution in [2.45, 2.75) is 31.7 Å². The topological polar surface area (TPSA) is 57.6 Å². The van der Waals surface area contributed by atoms with Crippen LogP contribution in [-0.2, 0) is 4.79 Å². The van der Waals surface area contributed by atoms with Crippen LogP contribution >= 0.6 is 0 Å². The molecule has 1 saturated heterocycles. The predicted molar refractivity (Wildman–Crippen MR) is 45.5 cm³/mol. The van der Waals surface area contributed by atoms with Crippen LogP contribution in [-0.4, -0.2) is 34.5 Å². The molecule has 0 aromatic carbocycles. The SMILES string of the molecule is O=C1CCC[C@H]2[C@@H]1CCN2C(=O)O. The van der Waals surface area contributed by atoms with Crippen LogP contribution in [0.4, 0.5) is 4.79 Å². The molecule has 0 radical (unpaired) electrons. The van der Waals surface area contributed by atoms with Gasteiger partial charge in [0.1, 0.15) is 5.78 Å². The number of hydrogen-bond acceptors (Lipinski definition) is 2. The average Bonchev–Trinajstić information content (AvgIpc) is 2.48. The van der Waals surface area contributed by atoms with Crippen molar-refractivity contribution < 1.29 is 14.7 Å². The molecule has 72 valence electrons. The predicted octanol–water partition coefficient (Wildman–Crippen LogP) is 1.11. The van der Waals surface area contributed by atoms with Gasteiger partial charge in [-0.2, -0.15) is 0 Å². The van der Waals surface area contributed by atoms with E-state index in [1.165, 1.54) is 4.90 Å². The van der Waals surface area contributed by atoms with Gasteiger partial charge in [-0.25, -0.2) is 4.79 Å². The molecule has 2 fully saturated rings. The Kier molecular flexibility index (Phi) is 1.98. The van der Waals surface area contributed by atoms with E-state index in [0.29, 0.717) is 13.0 Å². The molecule has 1 heterocycles. The quantitative estimate of drug-likeness (QED) is 0.612. The molecule has 0 unspecified atom stereocenters. The van der Waals surface area contributed by atoms with Crippen molar-refractivity contribution in [3.8, 4) is 0 Å². The highest BCUT2D eigenvalue weighted by Gasteiger charge is 2.42. The molecule has 0 aromatic rings. The lowest BCUT2D eigenvalue weighted by Gasteiger charge is -2.28. The van der Waals surface area contributed by atoms with Crippen LogP contribution in [0.25, 0.3) is 0 Å². The van der Waals surface area contributed by atoms with Gasteiger partial charge in [0.05, 0.1) is 0 Å². The number of carbonyl (C=O) groups is 2. The second-order valence-electron chi connectivity index (χ2n) is 3.80.